The van der Waals surface area contributed by atoms with Crippen molar-refractivity contribution in [3.8, 4) is 5.75 Å². The Labute approximate surface area is 103 Å². The van der Waals surface area contributed by atoms with E-state index < -0.39 is 11.8 Å². The van der Waals surface area contributed by atoms with Crippen LogP contribution >= 0.6 is 0 Å². The average molecular weight is 250 g/mol. The van der Waals surface area contributed by atoms with Gasteiger partial charge in [0.05, 0.1) is 17.9 Å². The van der Waals surface area contributed by atoms with Gasteiger partial charge in [-0.25, -0.2) is 9.37 Å². The number of aromatic hydroxyl groups is 1. The lowest BCUT2D eigenvalue weighted by molar-refractivity contribution is 0.462. The first-order valence-corrected chi connectivity index (χ1v) is 5.43. The number of phenols is 1. The molecule has 0 amide bonds. The van der Waals surface area contributed by atoms with Crippen molar-refractivity contribution < 1.29 is 13.9 Å². The van der Waals surface area contributed by atoms with Gasteiger partial charge in [0.15, 0.2) is 0 Å². The smallest absolute Gasteiger partial charge is 0.212 e. The number of anilines is 1. The summed E-state index contributed by atoms with van der Waals surface area (Å²) in [6.45, 7) is 1.76. The van der Waals surface area contributed by atoms with Gasteiger partial charge in [-0.1, -0.05) is 0 Å². The van der Waals surface area contributed by atoms with Crippen LogP contribution in [0.3, 0.4) is 0 Å². The highest BCUT2D eigenvalue weighted by atomic mass is 19.1. The van der Waals surface area contributed by atoms with E-state index in [1.807, 2.05) is 0 Å². The minimum Gasteiger partial charge on any atom is -0.508 e. The zero-order valence-electron chi connectivity index (χ0n) is 9.69. The fourth-order valence-electron chi connectivity index (χ4n) is 1.66. The number of aromatic nitrogens is 1. The highest BCUT2D eigenvalue weighted by Gasteiger charge is 2.11. The van der Waals surface area contributed by atoms with Crippen LogP contribution in [0, 0.1) is 11.8 Å². The minimum atomic E-state index is -0.568. The standard InChI is InChI=1S/C13H12F2N2O/c1-8(11-6-9(14)2-4-12(11)18)17-10-3-5-13(15)16-7-10/h2-8,17-18H,1H3. The summed E-state index contributed by atoms with van der Waals surface area (Å²) in [5.41, 5.74) is 1.02. The van der Waals surface area contributed by atoms with Crippen LogP contribution < -0.4 is 5.32 Å². The highest BCUT2D eigenvalue weighted by Crippen LogP contribution is 2.27. The first-order chi connectivity index (χ1) is 8.56. The van der Waals surface area contributed by atoms with E-state index in [4.69, 9.17) is 0 Å². The van der Waals surface area contributed by atoms with Crippen molar-refractivity contribution in [3.63, 3.8) is 0 Å². The van der Waals surface area contributed by atoms with Crippen molar-refractivity contribution in [3.05, 3.63) is 53.9 Å². The number of pyridine rings is 1. The van der Waals surface area contributed by atoms with Crippen LogP contribution in [0.5, 0.6) is 5.75 Å². The van der Waals surface area contributed by atoms with Gasteiger partial charge in [0, 0.05) is 5.56 Å². The van der Waals surface area contributed by atoms with E-state index in [1.54, 1.807) is 6.92 Å². The molecule has 18 heavy (non-hydrogen) atoms. The van der Waals surface area contributed by atoms with Gasteiger partial charge in [0.25, 0.3) is 0 Å². The Morgan fingerprint density at radius 1 is 1.22 bits per heavy atom. The van der Waals surface area contributed by atoms with Gasteiger partial charge in [-0.05, 0) is 37.3 Å². The number of rotatable bonds is 3. The van der Waals surface area contributed by atoms with Crippen molar-refractivity contribution in [2.24, 2.45) is 0 Å². The zero-order chi connectivity index (χ0) is 13.1. The largest absolute Gasteiger partial charge is 0.508 e. The van der Waals surface area contributed by atoms with Gasteiger partial charge >= 0.3 is 0 Å². The Morgan fingerprint density at radius 2 is 2.00 bits per heavy atom. The van der Waals surface area contributed by atoms with E-state index in [1.165, 1.54) is 36.5 Å². The molecule has 2 N–H and O–H groups in total. The second kappa shape index (κ2) is 5.00. The molecule has 3 nitrogen and oxygen atoms in total. The van der Waals surface area contributed by atoms with E-state index in [2.05, 4.69) is 10.3 Å². The average Bonchev–Trinajstić information content (AvgIpc) is 2.35. The summed E-state index contributed by atoms with van der Waals surface area (Å²) in [6.07, 6.45) is 1.34. The predicted octanol–water partition coefficient (Wildman–Crippen LogP) is 3.24. The second-order valence-electron chi connectivity index (χ2n) is 3.94. The van der Waals surface area contributed by atoms with Crippen LogP contribution in [0.15, 0.2) is 36.5 Å². The van der Waals surface area contributed by atoms with Crippen molar-refractivity contribution in [2.45, 2.75) is 13.0 Å². The Balaban J connectivity index is 2.18. The maximum Gasteiger partial charge on any atom is 0.212 e. The van der Waals surface area contributed by atoms with E-state index in [0.29, 0.717) is 11.3 Å². The van der Waals surface area contributed by atoms with Gasteiger partial charge < -0.3 is 10.4 Å². The van der Waals surface area contributed by atoms with Gasteiger partial charge in [-0.15, -0.1) is 0 Å². The summed E-state index contributed by atoms with van der Waals surface area (Å²) >= 11 is 0. The number of hydrogen-bond acceptors (Lipinski definition) is 3. The van der Waals surface area contributed by atoms with Crippen LogP contribution in [0.25, 0.3) is 0 Å². The zero-order valence-corrected chi connectivity index (χ0v) is 9.69. The van der Waals surface area contributed by atoms with E-state index >= 15 is 0 Å². The topological polar surface area (TPSA) is 45.2 Å². The number of phenolic OH excluding ortho intramolecular Hbond substituents is 1. The second-order valence-corrected chi connectivity index (χ2v) is 3.94. The molecule has 0 bridgehead atoms. The third-order valence-electron chi connectivity index (χ3n) is 2.57. The maximum atomic E-state index is 13.1. The molecule has 0 aliphatic rings. The van der Waals surface area contributed by atoms with E-state index in [-0.39, 0.29) is 11.8 Å². The molecule has 94 valence electrons. The molecule has 1 unspecified atom stereocenters. The van der Waals surface area contributed by atoms with Crippen molar-refractivity contribution in [1.82, 2.24) is 4.98 Å². The van der Waals surface area contributed by atoms with Crippen LogP contribution in [0.4, 0.5) is 14.5 Å². The fraction of sp³-hybridized carbons (Fsp3) is 0.154. The third-order valence-corrected chi connectivity index (χ3v) is 2.57. The molecule has 1 heterocycles. The lowest BCUT2D eigenvalue weighted by Gasteiger charge is -2.16. The number of nitrogens with zero attached hydrogens (tertiary/aromatic N) is 1. The first kappa shape index (κ1) is 12.3. The van der Waals surface area contributed by atoms with Gasteiger partial charge in [-0.3, -0.25) is 0 Å². The highest BCUT2D eigenvalue weighted by molar-refractivity contribution is 5.45. The Morgan fingerprint density at radius 3 is 2.67 bits per heavy atom. The summed E-state index contributed by atoms with van der Waals surface area (Å²) in [4.78, 5) is 3.50. The summed E-state index contributed by atoms with van der Waals surface area (Å²) in [7, 11) is 0. The van der Waals surface area contributed by atoms with Crippen LogP contribution in [0.2, 0.25) is 0 Å². The molecule has 2 rings (SSSR count). The predicted molar refractivity (Wildman–Crippen MR) is 64.3 cm³/mol. The third kappa shape index (κ3) is 2.74. The van der Waals surface area contributed by atoms with Crippen molar-refractivity contribution >= 4 is 5.69 Å². The summed E-state index contributed by atoms with van der Waals surface area (Å²) in [6, 6.07) is 6.16. The number of benzene rings is 1. The van der Waals surface area contributed by atoms with Crippen LogP contribution in [-0.2, 0) is 0 Å². The Kier molecular flexibility index (Phi) is 3.41. The molecule has 0 saturated heterocycles. The number of nitrogens with one attached hydrogen (secondary N) is 1. The van der Waals surface area contributed by atoms with Gasteiger partial charge in [-0.2, -0.15) is 4.39 Å². The molecular formula is C13H12F2N2O. The summed E-state index contributed by atoms with van der Waals surface area (Å²) in [5.74, 6) is -0.984. The van der Waals surface area contributed by atoms with Gasteiger partial charge in [0.1, 0.15) is 11.6 Å². The molecule has 1 aromatic carbocycles. The quantitative estimate of drug-likeness (QED) is 0.822. The Bertz CT molecular complexity index is 543. The summed E-state index contributed by atoms with van der Waals surface area (Å²) in [5, 5.41) is 12.6. The SMILES string of the molecule is CC(Nc1ccc(F)nc1)c1cc(F)ccc1O. The Hall–Kier alpha value is -2.17. The van der Waals surface area contributed by atoms with Crippen molar-refractivity contribution in [2.75, 3.05) is 5.32 Å². The maximum absolute atomic E-state index is 13.1. The van der Waals surface area contributed by atoms with Gasteiger partial charge in [0.2, 0.25) is 5.95 Å². The molecule has 0 saturated carbocycles. The summed E-state index contributed by atoms with van der Waals surface area (Å²) < 4.78 is 25.7. The van der Waals surface area contributed by atoms with Crippen LogP contribution in [0.1, 0.15) is 18.5 Å². The lowest BCUT2D eigenvalue weighted by Crippen LogP contribution is -2.07. The molecule has 0 aliphatic heterocycles. The lowest BCUT2D eigenvalue weighted by atomic mass is 10.1. The molecule has 5 heteroatoms. The molecular weight excluding hydrogens is 238 g/mol. The molecule has 2 aromatic rings. The molecule has 0 spiro atoms. The molecule has 0 radical (unpaired) electrons. The molecule has 1 atom stereocenters. The number of halogens is 2. The van der Waals surface area contributed by atoms with E-state index in [9.17, 15) is 13.9 Å². The normalized spacial score (nSPS) is 12.2. The monoisotopic (exact) mass is 250 g/mol. The first-order valence-electron chi connectivity index (χ1n) is 5.43. The number of hydrogen-bond donors (Lipinski definition) is 2. The molecule has 0 aliphatic carbocycles. The minimum absolute atomic E-state index is 0.00599. The molecule has 1 aromatic heterocycles. The molecule has 0 fully saturated rings. The van der Waals surface area contributed by atoms with Crippen LogP contribution in [-0.4, -0.2) is 10.1 Å². The van der Waals surface area contributed by atoms with Crippen molar-refractivity contribution in [1.29, 1.82) is 0 Å². The van der Waals surface area contributed by atoms with E-state index in [0.717, 1.165) is 0 Å². The fourth-order valence-corrected chi connectivity index (χ4v) is 1.66.